The molecule has 4 aromatic rings. The molecular formula is C28H31N3O. The van der Waals surface area contributed by atoms with Gasteiger partial charge in [0, 0.05) is 48.3 Å². The highest BCUT2D eigenvalue weighted by Crippen LogP contribution is 2.30. The van der Waals surface area contributed by atoms with E-state index in [0.29, 0.717) is 12.1 Å². The van der Waals surface area contributed by atoms with Crippen LogP contribution in [-0.4, -0.2) is 24.3 Å². The van der Waals surface area contributed by atoms with Crippen molar-refractivity contribution in [1.29, 1.82) is 0 Å². The van der Waals surface area contributed by atoms with E-state index >= 15 is 0 Å². The largest absolute Gasteiger partial charge is 0.496 e. The van der Waals surface area contributed by atoms with Crippen LogP contribution in [0.4, 0.5) is 0 Å². The van der Waals surface area contributed by atoms with Crippen molar-refractivity contribution in [1.82, 2.24) is 15.2 Å². The molecule has 0 aliphatic carbocycles. The maximum Gasteiger partial charge on any atom is 0.123 e. The molecule has 3 aromatic carbocycles. The Morgan fingerprint density at radius 1 is 1.00 bits per heavy atom. The molecule has 1 aliphatic heterocycles. The van der Waals surface area contributed by atoms with Gasteiger partial charge in [0.2, 0.25) is 0 Å². The van der Waals surface area contributed by atoms with Gasteiger partial charge in [-0.2, -0.15) is 0 Å². The molecule has 0 radical (unpaired) electrons. The van der Waals surface area contributed by atoms with Gasteiger partial charge in [0.25, 0.3) is 0 Å². The third-order valence-electron chi connectivity index (χ3n) is 6.67. The summed E-state index contributed by atoms with van der Waals surface area (Å²) in [6.45, 7) is 1.85. The second-order valence-electron chi connectivity index (χ2n) is 8.70. The second-order valence-corrected chi connectivity index (χ2v) is 8.70. The summed E-state index contributed by atoms with van der Waals surface area (Å²) >= 11 is 0. The zero-order chi connectivity index (χ0) is 21.9. The Hall–Kier alpha value is -3.08. The molecule has 1 saturated heterocycles. The predicted octanol–water partition coefficient (Wildman–Crippen LogP) is 5.44. The normalized spacial score (nSPS) is 18.7. The number of hydrogen-bond acceptors (Lipinski definition) is 3. The predicted molar refractivity (Wildman–Crippen MR) is 132 cm³/mol. The molecule has 0 amide bonds. The number of fused-ring (bicyclic) bond motifs is 1. The van der Waals surface area contributed by atoms with Crippen LogP contribution < -0.4 is 15.4 Å². The van der Waals surface area contributed by atoms with Crippen molar-refractivity contribution in [3.8, 4) is 16.9 Å². The van der Waals surface area contributed by atoms with Crippen LogP contribution in [0.15, 0.2) is 79.0 Å². The van der Waals surface area contributed by atoms with Crippen LogP contribution in [0, 0.1) is 0 Å². The molecule has 32 heavy (non-hydrogen) atoms. The Morgan fingerprint density at radius 2 is 1.81 bits per heavy atom. The number of nitrogens with zero attached hydrogens (tertiary/aromatic N) is 1. The van der Waals surface area contributed by atoms with Crippen molar-refractivity contribution in [2.24, 2.45) is 7.05 Å². The summed E-state index contributed by atoms with van der Waals surface area (Å²) < 4.78 is 7.86. The van der Waals surface area contributed by atoms with E-state index in [9.17, 15) is 0 Å². The SMILES string of the molecule is COc1ccc(-c2ccc3c(ccn3C)c2)cc1CNC1CCCNC1c1ccccc1. The maximum absolute atomic E-state index is 5.70. The molecule has 5 rings (SSSR count). The van der Waals surface area contributed by atoms with Gasteiger partial charge in [-0.05, 0) is 66.4 Å². The fourth-order valence-electron chi connectivity index (χ4n) is 4.92. The molecule has 0 bridgehead atoms. The number of ether oxygens (including phenoxy) is 1. The minimum absolute atomic E-state index is 0.333. The van der Waals surface area contributed by atoms with Gasteiger partial charge in [-0.15, -0.1) is 0 Å². The van der Waals surface area contributed by atoms with Gasteiger partial charge in [0.15, 0.2) is 0 Å². The van der Waals surface area contributed by atoms with E-state index in [0.717, 1.165) is 18.8 Å². The van der Waals surface area contributed by atoms with E-state index in [1.165, 1.54) is 46.0 Å². The molecule has 2 unspecified atom stereocenters. The standard InChI is InChI=1S/C28H31N3O/c1-31-16-14-23-17-21(10-12-26(23)31)22-11-13-27(32-2)24(18-22)19-30-25-9-6-15-29-28(25)20-7-4-3-5-8-20/h3-5,7-8,10-14,16-18,25,28-30H,6,9,15,19H2,1-2H3. The third-order valence-corrected chi connectivity index (χ3v) is 6.67. The van der Waals surface area contributed by atoms with Gasteiger partial charge < -0.3 is 19.9 Å². The highest BCUT2D eigenvalue weighted by Gasteiger charge is 2.25. The van der Waals surface area contributed by atoms with Gasteiger partial charge in [0.1, 0.15) is 5.75 Å². The van der Waals surface area contributed by atoms with Crippen LogP contribution in [-0.2, 0) is 13.6 Å². The molecule has 2 atom stereocenters. The number of aryl methyl sites for hydroxylation is 1. The molecule has 1 aliphatic rings. The van der Waals surface area contributed by atoms with Crippen LogP contribution in [0.1, 0.15) is 30.0 Å². The van der Waals surface area contributed by atoms with Crippen molar-refractivity contribution in [3.63, 3.8) is 0 Å². The number of hydrogen-bond donors (Lipinski definition) is 2. The average Bonchev–Trinajstić information content (AvgIpc) is 3.23. The van der Waals surface area contributed by atoms with Gasteiger partial charge >= 0.3 is 0 Å². The van der Waals surface area contributed by atoms with E-state index in [1.54, 1.807) is 7.11 Å². The van der Waals surface area contributed by atoms with Gasteiger partial charge in [0.05, 0.1) is 7.11 Å². The molecule has 2 heterocycles. The first-order valence-electron chi connectivity index (χ1n) is 11.5. The zero-order valence-electron chi connectivity index (χ0n) is 18.8. The van der Waals surface area contributed by atoms with Crippen molar-refractivity contribution in [3.05, 3.63) is 90.1 Å². The first kappa shape index (κ1) is 20.8. The average molecular weight is 426 g/mol. The van der Waals surface area contributed by atoms with Gasteiger partial charge in [-0.3, -0.25) is 0 Å². The number of piperidine rings is 1. The van der Waals surface area contributed by atoms with Crippen LogP contribution >= 0.6 is 0 Å². The summed E-state index contributed by atoms with van der Waals surface area (Å²) in [5, 5.41) is 8.80. The second kappa shape index (κ2) is 9.19. The summed E-state index contributed by atoms with van der Waals surface area (Å²) in [6.07, 6.45) is 4.47. The van der Waals surface area contributed by atoms with E-state index in [-0.39, 0.29) is 0 Å². The minimum atomic E-state index is 0.333. The summed E-state index contributed by atoms with van der Waals surface area (Å²) in [7, 11) is 3.84. The Bertz CT molecular complexity index is 1200. The Balaban J connectivity index is 1.38. The quantitative estimate of drug-likeness (QED) is 0.432. The topological polar surface area (TPSA) is 38.2 Å². The molecule has 4 nitrogen and oxygen atoms in total. The highest BCUT2D eigenvalue weighted by molar-refractivity contribution is 5.85. The number of aromatic nitrogens is 1. The lowest BCUT2D eigenvalue weighted by atomic mass is 9.92. The van der Waals surface area contributed by atoms with E-state index < -0.39 is 0 Å². The lowest BCUT2D eigenvalue weighted by Crippen LogP contribution is -2.45. The Labute approximate surface area is 190 Å². The molecule has 1 fully saturated rings. The van der Waals surface area contributed by atoms with Crippen molar-refractivity contribution in [2.45, 2.75) is 31.5 Å². The number of nitrogens with one attached hydrogen (secondary N) is 2. The van der Waals surface area contributed by atoms with Crippen LogP contribution in [0.25, 0.3) is 22.0 Å². The maximum atomic E-state index is 5.70. The van der Waals surface area contributed by atoms with Crippen molar-refractivity contribution in [2.75, 3.05) is 13.7 Å². The number of benzene rings is 3. The minimum Gasteiger partial charge on any atom is -0.496 e. The number of methoxy groups -OCH3 is 1. The van der Waals surface area contributed by atoms with Crippen LogP contribution in [0.2, 0.25) is 0 Å². The van der Waals surface area contributed by atoms with Gasteiger partial charge in [-0.1, -0.05) is 42.5 Å². The summed E-state index contributed by atoms with van der Waals surface area (Å²) in [4.78, 5) is 0. The Morgan fingerprint density at radius 3 is 2.66 bits per heavy atom. The fraction of sp³-hybridized carbons (Fsp3) is 0.286. The first-order valence-corrected chi connectivity index (χ1v) is 11.5. The smallest absolute Gasteiger partial charge is 0.123 e. The monoisotopic (exact) mass is 425 g/mol. The van der Waals surface area contributed by atoms with E-state index in [2.05, 4.69) is 101 Å². The summed E-state index contributed by atoms with van der Waals surface area (Å²) in [5.74, 6) is 0.932. The first-order chi connectivity index (χ1) is 15.7. The summed E-state index contributed by atoms with van der Waals surface area (Å²) in [6, 6.07) is 26.9. The van der Waals surface area contributed by atoms with Crippen LogP contribution in [0.5, 0.6) is 5.75 Å². The molecule has 0 spiro atoms. The van der Waals surface area contributed by atoms with Gasteiger partial charge in [-0.25, -0.2) is 0 Å². The molecule has 2 N–H and O–H groups in total. The van der Waals surface area contributed by atoms with Crippen molar-refractivity contribution >= 4 is 10.9 Å². The molecule has 1 aromatic heterocycles. The molecule has 4 heteroatoms. The lowest BCUT2D eigenvalue weighted by molar-refractivity contribution is 0.303. The highest BCUT2D eigenvalue weighted by atomic mass is 16.5. The zero-order valence-corrected chi connectivity index (χ0v) is 18.8. The molecule has 0 saturated carbocycles. The van der Waals surface area contributed by atoms with E-state index in [1.807, 2.05) is 0 Å². The van der Waals surface area contributed by atoms with Crippen LogP contribution in [0.3, 0.4) is 0 Å². The fourth-order valence-corrected chi connectivity index (χ4v) is 4.92. The molecular weight excluding hydrogens is 394 g/mol. The summed E-state index contributed by atoms with van der Waals surface area (Å²) in [5.41, 5.74) is 6.24. The number of rotatable bonds is 6. The third kappa shape index (κ3) is 4.16. The lowest BCUT2D eigenvalue weighted by Gasteiger charge is -2.34. The van der Waals surface area contributed by atoms with Crippen molar-refractivity contribution < 1.29 is 4.74 Å². The molecule has 164 valence electrons. The Kier molecular flexibility index (Phi) is 5.97. The van der Waals surface area contributed by atoms with E-state index in [4.69, 9.17) is 4.74 Å².